The van der Waals surface area contributed by atoms with Gasteiger partial charge in [-0.15, -0.1) is 0 Å². The summed E-state index contributed by atoms with van der Waals surface area (Å²) >= 11 is 0. The minimum absolute atomic E-state index is 0. The first kappa shape index (κ1) is 16.1. The molecule has 0 heterocycles. The minimum atomic E-state index is -4.53. The van der Waals surface area contributed by atoms with Gasteiger partial charge in [-0.05, 0) is 23.8 Å². The zero-order valence-corrected chi connectivity index (χ0v) is 11.7. The number of aliphatic carboxylic acids is 1. The quantitative estimate of drug-likeness (QED) is 0.470. The molecule has 0 amide bonds. The Bertz CT molecular complexity index is 505. The van der Waals surface area contributed by atoms with Crippen LogP contribution in [0.2, 0.25) is 0 Å². The molecule has 1 rings (SSSR count). The number of benzene rings is 1. The summed E-state index contributed by atoms with van der Waals surface area (Å²) in [5, 5.41) is 8.36. The van der Waals surface area contributed by atoms with Crippen LogP contribution in [-0.2, 0) is 15.2 Å². The van der Waals surface area contributed by atoms with E-state index < -0.39 is 16.4 Å². The molecule has 0 unspecified atom stereocenters. The van der Waals surface area contributed by atoms with Crippen molar-refractivity contribution in [1.29, 1.82) is 0 Å². The maximum Gasteiger partial charge on any atom is 0.446 e. The Morgan fingerprint density at radius 1 is 1.24 bits per heavy atom. The summed E-state index contributed by atoms with van der Waals surface area (Å²) in [5.74, 6) is -1.15. The van der Waals surface area contributed by atoms with Gasteiger partial charge in [0.25, 0.3) is 0 Å². The molecule has 0 fully saturated rings. The number of carboxylic acids is 1. The molecule has 8 heteroatoms. The average Bonchev–Trinajstić information content (AvgIpc) is 2.14. The van der Waals surface area contributed by atoms with E-state index in [0.29, 0.717) is 5.56 Å². The Balaban J connectivity index is 0.00000256. The van der Waals surface area contributed by atoms with E-state index in [9.17, 15) is 13.2 Å². The topological polar surface area (TPSA) is 101 Å². The van der Waals surface area contributed by atoms with Gasteiger partial charge in [0.2, 0.25) is 0 Å². The normalized spacial score (nSPS) is 10.9. The van der Waals surface area contributed by atoms with Crippen molar-refractivity contribution in [2.75, 3.05) is 0 Å². The van der Waals surface area contributed by atoms with Crippen molar-refractivity contribution >= 4 is 52.0 Å². The third-order valence-electron chi connectivity index (χ3n) is 1.50. The summed E-state index contributed by atoms with van der Waals surface area (Å²) in [5.41, 5.74) is 0.560. The first-order chi connectivity index (χ1) is 7.37. The van der Waals surface area contributed by atoms with Crippen LogP contribution in [-0.4, -0.2) is 53.6 Å². The summed E-state index contributed by atoms with van der Waals surface area (Å²) in [4.78, 5) is 10.2. The number of hydrogen-bond donors (Lipinski definition) is 2. The molecule has 1 aromatic carbocycles. The second kappa shape index (κ2) is 6.77. The molecule has 0 saturated carbocycles. The Kier molecular flexibility index (Phi) is 6.43. The van der Waals surface area contributed by atoms with E-state index in [4.69, 9.17) is 9.66 Å². The molecule has 0 bridgehead atoms. The molecule has 0 aliphatic rings. The fraction of sp³-hybridized carbons (Fsp3) is 0. The van der Waals surface area contributed by atoms with Gasteiger partial charge in [0.05, 0.1) is 0 Å². The van der Waals surface area contributed by atoms with Crippen molar-refractivity contribution in [3.05, 3.63) is 35.9 Å². The van der Waals surface area contributed by atoms with E-state index in [2.05, 4.69) is 4.18 Å². The predicted molar refractivity (Wildman–Crippen MR) is 61.0 cm³/mol. The first-order valence-corrected chi connectivity index (χ1v) is 5.41. The van der Waals surface area contributed by atoms with Crippen molar-refractivity contribution < 1.29 is 27.1 Å². The predicted octanol–water partition coefficient (Wildman–Crippen LogP) is 0.585. The molecule has 6 nitrogen and oxygen atoms in total. The SMILES string of the molecule is O=C(O)/C=C/c1ccc(OS(=O)(=O)O)cc1.[Na]. The Morgan fingerprint density at radius 3 is 2.18 bits per heavy atom. The molecular weight excluding hydrogens is 259 g/mol. The number of hydrogen-bond acceptors (Lipinski definition) is 4. The van der Waals surface area contributed by atoms with Crippen LogP contribution in [0.1, 0.15) is 5.56 Å². The number of rotatable bonds is 4. The van der Waals surface area contributed by atoms with E-state index in [0.717, 1.165) is 6.08 Å². The molecule has 0 aromatic heterocycles. The number of carboxylic acid groups (broad SMARTS) is 1. The maximum atomic E-state index is 10.3. The van der Waals surface area contributed by atoms with Gasteiger partial charge in [-0.1, -0.05) is 12.1 Å². The molecule has 0 atom stereocenters. The van der Waals surface area contributed by atoms with Crippen molar-refractivity contribution in [2.45, 2.75) is 0 Å². The Labute approximate surface area is 120 Å². The van der Waals surface area contributed by atoms with E-state index in [1.54, 1.807) is 0 Å². The van der Waals surface area contributed by atoms with Gasteiger partial charge in [-0.25, -0.2) is 4.79 Å². The third-order valence-corrected chi connectivity index (χ3v) is 1.90. The van der Waals surface area contributed by atoms with Gasteiger partial charge >= 0.3 is 16.4 Å². The standard InChI is InChI=1S/C9H8O6S.Na/c10-9(11)6-3-7-1-4-8(5-2-7)15-16(12,13)14;/h1-6H,(H,10,11)(H,12,13,14);/b6-3+;. The van der Waals surface area contributed by atoms with Crippen LogP contribution in [0.25, 0.3) is 6.08 Å². The summed E-state index contributed by atoms with van der Waals surface area (Å²) in [6.07, 6.45) is 2.28. The van der Waals surface area contributed by atoms with E-state index in [-0.39, 0.29) is 35.3 Å². The largest absolute Gasteiger partial charge is 0.478 e. The van der Waals surface area contributed by atoms with Crippen molar-refractivity contribution in [3.63, 3.8) is 0 Å². The van der Waals surface area contributed by atoms with Crippen LogP contribution in [0.5, 0.6) is 5.75 Å². The van der Waals surface area contributed by atoms with Crippen molar-refractivity contribution in [3.8, 4) is 5.75 Å². The molecule has 0 aliphatic carbocycles. The fourth-order valence-corrected chi connectivity index (χ4v) is 1.28. The molecule has 0 saturated heterocycles. The van der Waals surface area contributed by atoms with Crippen molar-refractivity contribution in [1.82, 2.24) is 0 Å². The molecule has 2 N–H and O–H groups in total. The molecule has 87 valence electrons. The van der Waals surface area contributed by atoms with E-state index in [1.165, 1.54) is 30.3 Å². The van der Waals surface area contributed by atoms with Gasteiger partial charge in [0, 0.05) is 35.6 Å². The van der Waals surface area contributed by atoms with Gasteiger partial charge in [-0.2, -0.15) is 8.42 Å². The molecule has 1 aromatic rings. The van der Waals surface area contributed by atoms with Crippen LogP contribution in [0.15, 0.2) is 30.3 Å². The van der Waals surface area contributed by atoms with Gasteiger partial charge in [0.15, 0.2) is 0 Å². The molecule has 0 aliphatic heterocycles. The van der Waals surface area contributed by atoms with Crippen LogP contribution in [0.3, 0.4) is 0 Å². The maximum absolute atomic E-state index is 10.3. The second-order valence-corrected chi connectivity index (χ2v) is 3.77. The van der Waals surface area contributed by atoms with E-state index in [1.807, 2.05) is 0 Å². The average molecular weight is 267 g/mol. The molecule has 1 radical (unpaired) electrons. The van der Waals surface area contributed by atoms with Crippen LogP contribution in [0, 0.1) is 0 Å². The zero-order chi connectivity index (χ0) is 12.2. The van der Waals surface area contributed by atoms with Gasteiger partial charge < -0.3 is 9.29 Å². The number of carbonyl (C=O) groups is 1. The monoisotopic (exact) mass is 267 g/mol. The first-order valence-electron chi connectivity index (χ1n) is 4.05. The Morgan fingerprint density at radius 2 is 1.76 bits per heavy atom. The smallest absolute Gasteiger partial charge is 0.446 e. The zero-order valence-electron chi connectivity index (χ0n) is 8.90. The van der Waals surface area contributed by atoms with Crippen LogP contribution < -0.4 is 4.18 Å². The second-order valence-electron chi connectivity index (χ2n) is 2.75. The van der Waals surface area contributed by atoms with Gasteiger partial charge in [-0.3, -0.25) is 4.55 Å². The summed E-state index contributed by atoms with van der Waals surface area (Å²) in [6.45, 7) is 0. The summed E-state index contributed by atoms with van der Waals surface area (Å²) in [6, 6.07) is 5.46. The molecule has 17 heavy (non-hydrogen) atoms. The molecule has 0 spiro atoms. The Hall–Kier alpha value is -0.860. The van der Waals surface area contributed by atoms with Crippen LogP contribution >= 0.6 is 0 Å². The fourth-order valence-electron chi connectivity index (χ4n) is 0.924. The summed E-state index contributed by atoms with van der Waals surface area (Å²) < 4.78 is 33.2. The van der Waals surface area contributed by atoms with Gasteiger partial charge in [0.1, 0.15) is 5.75 Å². The summed E-state index contributed by atoms with van der Waals surface area (Å²) in [7, 11) is -4.53. The third kappa shape index (κ3) is 7.14. The minimum Gasteiger partial charge on any atom is -0.478 e. The van der Waals surface area contributed by atoms with Crippen molar-refractivity contribution in [2.24, 2.45) is 0 Å². The molecular formula is C9H8NaO6S. The van der Waals surface area contributed by atoms with E-state index >= 15 is 0 Å². The van der Waals surface area contributed by atoms with Crippen LogP contribution in [0.4, 0.5) is 0 Å².